The van der Waals surface area contributed by atoms with E-state index in [-0.39, 0.29) is 19.6 Å². The highest BCUT2D eigenvalue weighted by molar-refractivity contribution is 5.95. The van der Waals surface area contributed by atoms with Gasteiger partial charge in [-0.2, -0.15) is 0 Å². The first kappa shape index (κ1) is 17.5. The van der Waals surface area contributed by atoms with Crippen LogP contribution in [0, 0.1) is 0 Å². The van der Waals surface area contributed by atoms with Crippen molar-refractivity contribution in [2.24, 2.45) is 0 Å². The van der Waals surface area contributed by atoms with E-state index < -0.39 is 24.0 Å². The van der Waals surface area contributed by atoms with Gasteiger partial charge in [-0.1, -0.05) is 30.3 Å². The molecule has 0 aromatic heterocycles. The molecule has 0 bridgehead atoms. The van der Waals surface area contributed by atoms with Gasteiger partial charge in [-0.25, -0.2) is 9.59 Å². The maximum absolute atomic E-state index is 12.4. The summed E-state index contributed by atoms with van der Waals surface area (Å²) in [6.45, 7) is 3.52. The second-order valence-electron chi connectivity index (χ2n) is 5.31. The zero-order valence-electron chi connectivity index (χ0n) is 13.6. The van der Waals surface area contributed by atoms with Crippen molar-refractivity contribution in [2.75, 3.05) is 13.2 Å². The lowest BCUT2D eigenvalue weighted by molar-refractivity contribution is -0.139. The minimum atomic E-state index is -1.02. The number of esters is 1. The Hall–Kier alpha value is -2.83. The number of nitrogens with one attached hydrogen (secondary N) is 1. The van der Waals surface area contributed by atoms with Crippen molar-refractivity contribution in [3.05, 3.63) is 47.2 Å². The number of allylic oxidation sites excluding steroid dienone is 1. The monoisotopic (exact) mass is 332 g/mol. The molecule has 2 N–H and O–H groups in total. The van der Waals surface area contributed by atoms with Crippen LogP contribution in [0.1, 0.15) is 31.9 Å². The number of hydrogen-bond acceptors (Lipinski definition) is 4. The van der Waals surface area contributed by atoms with Crippen LogP contribution in [0.4, 0.5) is 4.79 Å². The van der Waals surface area contributed by atoms with Crippen LogP contribution in [-0.4, -0.2) is 41.1 Å². The first-order valence-corrected chi connectivity index (χ1v) is 7.68. The summed E-state index contributed by atoms with van der Waals surface area (Å²) in [5.41, 5.74) is 1.48. The highest BCUT2D eigenvalue weighted by Crippen LogP contribution is 2.31. The minimum Gasteiger partial charge on any atom is -0.481 e. The van der Waals surface area contributed by atoms with Crippen molar-refractivity contribution >= 4 is 18.0 Å². The number of benzene rings is 1. The van der Waals surface area contributed by atoms with Crippen molar-refractivity contribution in [1.29, 1.82) is 0 Å². The third kappa shape index (κ3) is 3.73. The van der Waals surface area contributed by atoms with Crippen LogP contribution in [0.5, 0.6) is 0 Å². The van der Waals surface area contributed by atoms with E-state index in [2.05, 4.69) is 5.32 Å². The van der Waals surface area contributed by atoms with Gasteiger partial charge >= 0.3 is 18.0 Å². The molecule has 1 aliphatic heterocycles. The molecule has 1 atom stereocenters. The van der Waals surface area contributed by atoms with Gasteiger partial charge in [0.05, 0.1) is 24.6 Å². The predicted octanol–water partition coefficient (Wildman–Crippen LogP) is 2.06. The van der Waals surface area contributed by atoms with E-state index in [1.54, 1.807) is 13.8 Å². The van der Waals surface area contributed by atoms with Crippen LogP contribution in [0.3, 0.4) is 0 Å². The molecular formula is C17H20N2O5. The molecule has 24 heavy (non-hydrogen) atoms. The molecule has 0 unspecified atom stereocenters. The van der Waals surface area contributed by atoms with Crippen molar-refractivity contribution < 1.29 is 24.2 Å². The topological polar surface area (TPSA) is 95.9 Å². The number of aliphatic carboxylic acids is 1. The number of amides is 2. The quantitative estimate of drug-likeness (QED) is 0.778. The standard InChI is InChI=1S/C17H20N2O5/c1-3-24-16(22)14-11(2)19(10-9-13(20)21)17(23)18-15(14)12-7-5-4-6-8-12/h4-8,15H,3,9-10H2,1-2H3,(H,18,23)(H,20,21)/t15-/m0/s1. The molecule has 0 fully saturated rings. The average Bonchev–Trinajstić information content (AvgIpc) is 2.54. The first-order chi connectivity index (χ1) is 11.5. The number of hydrogen-bond donors (Lipinski definition) is 2. The van der Waals surface area contributed by atoms with Crippen LogP contribution in [0.15, 0.2) is 41.6 Å². The Bertz CT molecular complexity index is 669. The smallest absolute Gasteiger partial charge is 0.338 e. The summed E-state index contributed by atoms with van der Waals surface area (Å²) in [7, 11) is 0. The van der Waals surface area contributed by atoms with Gasteiger partial charge in [-0.3, -0.25) is 9.69 Å². The average molecular weight is 332 g/mol. The van der Waals surface area contributed by atoms with E-state index in [0.717, 1.165) is 5.56 Å². The van der Waals surface area contributed by atoms with Crippen molar-refractivity contribution in [3.63, 3.8) is 0 Å². The summed E-state index contributed by atoms with van der Waals surface area (Å²) in [5, 5.41) is 11.6. The van der Waals surface area contributed by atoms with E-state index in [0.29, 0.717) is 11.3 Å². The largest absolute Gasteiger partial charge is 0.481 e. The van der Waals surface area contributed by atoms with E-state index in [4.69, 9.17) is 9.84 Å². The second kappa shape index (κ2) is 7.63. The Kier molecular flexibility index (Phi) is 5.57. The van der Waals surface area contributed by atoms with Gasteiger partial charge in [0.15, 0.2) is 0 Å². The summed E-state index contributed by atoms with van der Waals surface area (Å²) < 4.78 is 5.12. The lowest BCUT2D eigenvalue weighted by Gasteiger charge is -2.35. The fourth-order valence-corrected chi connectivity index (χ4v) is 2.63. The maximum atomic E-state index is 12.4. The van der Waals surface area contributed by atoms with Crippen LogP contribution in [0.2, 0.25) is 0 Å². The van der Waals surface area contributed by atoms with Gasteiger partial charge < -0.3 is 15.2 Å². The number of carbonyl (C=O) groups is 3. The summed E-state index contributed by atoms with van der Waals surface area (Å²) >= 11 is 0. The highest BCUT2D eigenvalue weighted by atomic mass is 16.5. The van der Waals surface area contributed by atoms with Crippen molar-refractivity contribution in [1.82, 2.24) is 10.2 Å². The molecule has 1 heterocycles. The number of carboxylic acids is 1. The van der Waals surface area contributed by atoms with Crippen molar-refractivity contribution in [3.8, 4) is 0 Å². The van der Waals surface area contributed by atoms with Crippen LogP contribution in [-0.2, 0) is 14.3 Å². The van der Waals surface area contributed by atoms with Gasteiger partial charge in [0.25, 0.3) is 0 Å². The molecule has 0 saturated carbocycles. The zero-order chi connectivity index (χ0) is 17.7. The number of carboxylic acid groups (broad SMARTS) is 1. The summed E-state index contributed by atoms with van der Waals surface area (Å²) in [6.07, 6.45) is -0.211. The molecule has 7 heteroatoms. The number of urea groups is 1. The molecular weight excluding hydrogens is 312 g/mol. The molecule has 1 aromatic rings. The third-order valence-electron chi connectivity index (χ3n) is 3.77. The molecule has 1 aliphatic rings. The second-order valence-corrected chi connectivity index (χ2v) is 5.31. The lowest BCUT2D eigenvalue weighted by Crippen LogP contribution is -2.48. The van der Waals surface area contributed by atoms with E-state index in [1.807, 2.05) is 30.3 Å². The Morgan fingerprint density at radius 3 is 2.54 bits per heavy atom. The van der Waals surface area contributed by atoms with Gasteiger partial charge in [0, 0.05) is 12.2 Å². The van der Waals surface area contributed by atoms with Gasteiger partial charge in [0.1, 0.15) is 0 Å². The molecule has 7 nitrogen and oxygen atoms in total. The Morgan fingerprint density at radius 2 is 1.96 bits per heavy atom. The number of rotatable bonds is 6. The Morgan fingerprint density at radius 1 is 1.29 bits per heavy atom. The third-order valence-corrected chi connectivity index (χ3v) is 3.77. The Labute approximate surface area is 139 Å². The van der Waals surface area contributed by atoms with Gasteiger partial charge in [0.2, 0.25) is 0 Å². The van der Waals surface area contributed by atoms with Crippen molar-refractivity contribution in [2.45, 2.75) is 26.3 Å². The molecule has 0 aliphatic carbocycles. The normalized spacial score (nSPS) is 17.5. The zero-order valence-corrected chi connectivity index (χ0v) is 13.6. The maximum Gasteiger partial charge on any atom is 0.338 e. The summed E-state index contributed by atoms with van der Waals surface area (Å²) in [5.74, 6) is -1.54. The number of carbonyl (C=O) groups excluding carboxylic acids is 2. The molecule has 2 amide bonds. The fourth-order valence-electron chi connectivity index (χ4n) is 2.63. The summed E-state index contributed by atoms with van der Waals surface area (Å²) in [6, 6.07) is 8.03. The summed E-state index contributed by atoms with van der Waals surface area (Å²) in [4.78, 5) is 36.8. The van der Waals surface area contributed by atoms with Crippen LogP contribution in [0.25, 0.3) is 0 Å². The predicted molar refractivity (Wildman–Crippen MR) is 86.0 cm³/mol. The molecule has 0 spiro atoms. The lowest BCUT2D eigenvalue weighted by atomic mass is 9.95. The molecule has 0 radical (unpaired) electrons. The van der Waals surface area contributed by atoms with E-state index >= 15 is 0 Å². The number of nitrogens with zero attached hydrogens (tertiary/aromatic N) is 1. The Balaban J connectivity index is 2.43. The van der Waals surface area contributed by atoms with E-state index in [1.165, 1.54) is 4.90 Å². The molecule has 128 valence electrons. The highest BCUT2D eigenvalue weighted by Gasteiger charge is 2.36. The SMILES string of the molecule is CCOC(=O)C1=C(C)N(CCC(=O)O)C(=O)N[C@H]1c1ccccc1. The first-order valence-electron chi connectivity index (χ1n) is 7.68. The molecule has 0 saturated heterocycles. The number of ether oxygens (including phenoxy) is 1. The minimum absolute atomic E-state index is 0.0165. The van der Waals surface area contributed by atoms with Gasteiger partial charge in [-0.15, -0.1) is 0 Å². The molecule has 2 rings (SSSR count). The van der Waals surface area contributed by atoms with Gasteiger partial charge in [-0.05, 0) is 19.4 Å². The van der Waals surface area contributed by atoms with Crippen LogP contribution < -0.4 is 5.32 Å². The van der Waals surface area contributed by atoms with Crippen LogP contribution >= 0.6 is 0 Å². The van der Waals surface area contributed by atoms with E-state index in [9.17, 15) is 14.4 Å². The molecule has 1 aromatic carbocycles. The fraction of sp³-hybridized carbons (Fsp3) is 0.353.